The molecule has 2 saturated heterocycles. The van der Waals surface area contributed by atoms with Gasteiger partial charge in [0.05, 0.1) is 6.20 Å². The molecule has 0 spiro atoms. The summed E-state index contributed by atoms with van der Waals surface area (Å²) < 4.78 is 1.41. The topological polar surface area (TPSA) is 50.2 Å². The SMILES string of the molecule is Cc1ccc(-c2cnn(C(=O)NC3CN4CC[C@H]3C4)c2)cc1. The lowest BCUT2D eigenvalue weighted by Crippen LogP contribution is -2.45. The molecule has 0 aliphatic carbocycles. The first-order valence-corrected chi connectivity index (χ1v) is 7.84. The van der Waals surface area contributed by atoms with E-state index < -0.39 is 0 Å². The van der Waals surface area contributed by atoms with Crippen LogP contribution in [0, 0.1) is 12.8 Å². The van der Waals surface area contributed by atoms with Crippen molar-refractivity contribution in [2.45, 2.75) is 19.4 Å². The summed E-state index contributed by atoms with van der Waals surface area (Å²) in [6, 6.07) is 8.38. The molecule has 1 N–H and O–H groups in total. The Balaban J connectivity index is 1.46. The average Bonchev–Trinajstić information content (AvgIpc) is 3.24. The lowest BCUT2D eigenvalue weighted by molar-refractivity contribution is 0.228. The molecule has 2 unspecified atom stereocenters. The number of carbonyl (C=O) groups is 1. The van der Waals surface area contributed by atoms with Gasteiger partial charge in [0.15, 0.2) is 0 Å². The summed E-state index contributed by atoms with van der Waals surface area (Å²) in [5, 5.41) is 7.33. The van der Waals surface area contributed by atoms with Crippen LogP contribution in [0.1, 0.15) is 12.0 Å². The Hall–Kier alpha value is -2.14. The zero-order chi connectivity index (χ0) is 15.1. The van der Waals surface area contributed by atoms with Gasteiger partial charge in [0, 0.05) is 30.9 Å². The monoisotopic (exact) mass is 296 g/mol. The Morgan fingerprint density at radius 3 is 2.73 bits per heavy atom. The van der Waals surface area contributed by atoms with Crippen molar-refractivity contribution in [2.24, 2.45) is 5.92 Å². The minimum atomic E-state index is -0.128. The molecule has 2 aliphatic rings. The highest BCUT2D eigenvalue weighted by Crippen LogP contribution is 2.27. The van der Waals surface area contributed by atoms with Gasteiger partial charge in [-0.25, -0.2) is 4.79 Å². The second-order valence-corrected chi connectivity index (χ2v) is 6.40. The first-order valence-electron chi connectivity index (χ1n) is 7.84. The van der Waals surface area contributed by atoms with Crippen LogP contribution in [0.15, 0.2) is 36.7 Å². The molecular weight excluding hydrogens is 276 g/mol. The van der Waals surface area contributed by atoms with Crippen molar-refractivity contribution in [3.8, 4) is 11.1 Å². The van der Waals surface area contributed by atoms with E-state index in [1.54, 1.807) is 12.4 Å². The van der Waals surface area contributed by atoms with Crippen LogP contribution < -0.4 is 5.32 Å². The van der Waals surface area contributed by atoms with Crippen LogP contribution in [-0.4, -0.2) is 46.4 Å². The van der Waals surface area contributed by atoms with Crippen molar-refractivity contribution in [1.29, 1.82) is 0 Å². The summed E-state index contributed by atoms with van der Waals surface area (Å²) in [4.78, 5) is 14.8. The quantitative estimate of drug-likeness (QED) is 0.923. The fourth-order valence-corrected chi connectivity index (χ4v) is 3.50. The summed E-state index contributed by atoms with van der Waals surface area (Å²) in [5.74, 6) is 0.607. The highest BCUT2D eigenvalue weighted by Gasteiger charge is 2.38. The third-order valence-electron chi connectivity index (χ3n) is 4.82. The molecular formula is C17H20N4O. The van der Waals surface area contributed by atoms with Crippen molar-refractivity contribution in [1.82, 2.24) is 20.0 Å². The second kappa shape index (κ2) is 5.25. The Morgan fingerprint density at radius 2 is 2.05 bits per heavy atom. The van der Waals surface area contributed by atoms with Crippen molar-refractivity contribution in [3.63, 3.8) is 0 Å². The number of aromatic nitrogens is 2. The van der Waals surface area contributed by atoms with Crippen molar-refractivity contribution in [3.05, 3.63) is 42.2 Å². The van der Waals surface area contributed by atoms with E-state index in [9.17, 15) is 4.79 Å². The average molecular weight is 296 g/mol. The van der Waals surface area contributed by atoms with Gasteiger partial charge in [-0.2, -0.15) is 9.78 Å². The fourth-order valence-electron chi connectivity index (χ4n) is 3.50. The largest absolute Gasteiger partial charge is 0.342 e. The molecule has 3 atom stereocenters. The predicted molar refractivity (Wildman–Crippen MR) is 84.7 cm³/mol. The van der Waals surface area contributed by atoms with E-state index >= 15 is 0 Å². The first kappa shape index (κ1) is 13.5. The Kier molecular flexibility index (Phi) is 3.22. The number of rotatable bonds is 2. The van der Waals surface area contributed by atoms with Gasteiger partial charge < -0.3 is 10.2 Å². The minimum absolute atomic E-state index is 0.128. The van der Waals surface area contributed by atoms with E-state index in [0.717, 1.165) is 24.2 Å². The molecule has 2 aliphatic heterocycles. The maximum atomic E-state index is 12.3. The van der Waals surface area contributed by atoms with Gasteiger partial charge in [0.1, 0.15) is 0 Å². The van der Waals surface area contributed by atoms with Gasteiger partial charge >= 0.3 is 6.03 Å². The molecule has 1 amide bonds. The molecule has 2 aromatic rings. The van der Waals surface area contributed by atoms with Crippen LogP contribution in [0.25, 0.3) is 11.1 Å². The third-order valence-corrected chi connectivity index (χ3v) is 4.82. The zero-order valence-electron chi connectivity index (χ0n) is 12.7. The molecule has 22 heavy (non-hydrogen) atoms. The van der Waals surface area contributed by atoms with Crippen molar-refractivity contribution < 1.29 is 4.79 Å². The van der Waals surface area contributed by atoms with Crippen LogP contribution in [0.5, 0.6) is 0 Å². The number of hydrogen-bond acceptors (Lipinski definition) is 3. The number of carbonyl (C=O) groups excluding carboxylic acids is 1. The molecule has 1 aromatic carbocycles. The van der Waals surface area contributed by atoms with Gasteiger partial charge in [-0.3, -0.25) is 0 Å². The lowest BCUT2D eigenvalue weighted by Gasteiger charge is -2.22. The first-order chi connectivity index (χ1) is 10.7. The van der Waals surface area contributed by atoms with Gasteiger partial charge in [0.25, 0.3) is 0 Å². The van der Waals surface area contributed by atoms with Crippen LogP contribution in [0.3, 0.4) is 0 Å². The Morgan fingerprint density at radius 1 is 1.23 bits per heavy atom. The number of nitrogens with zero attached hydrogens (tertiary/aromatic N) is 3. The van der Waals surface area contributed by atoms with E-state index in [0.29, 0.717) is 5.92 Å². The van der Waals surface area contributed by atoms with Crippen LogP contribution in [0.2, 0.25) is 0 Å². The summed E-state index contributed by atoms with van der Waals surface area (Å²) in [6.45, 7) is 5.34. The molecule has 2 bridgehead atoms. The van der Waals surface area contributed by atoms with E-state index in [2.05, 4.69) is 46.5 Å². The van der Waals surface area contributed by atoms with Gasteiger partial charge in [-0.15, -0.1) is 0 Å². The number of piperidine rings is 1. The maximum absolute atomic E-state index is 12.3. The van der Waals surface area contributed by atoms with E-state index in [4.69, 9.17) is 0 Å². The number of hydrogen-bond donors (Lipinski definition) is 1. The molecule has 114 valence electrons. The molecule has 4 rings (SSSR count). The Labute approximate surface area is 129 Å². The molecule has 5 heteroatoms. The number of nitrogens with one attached hydrogen (secondary N) is 1. The summed E-state index contributed by atoms with van der Waals surface area (Å²) >= 11 is 0. The normalized spacial score (nSPS) is 26.3. The van der Waals surface area contributed by atoms with Gasteiger partial charge in [-0.05, 0) is 31.4 Å². The van der Waals surface area contributed by atoms with Crippen LogP contribution >= 0.6 is 0 Å². The minimum Gasteiger partial charge on any atom is -0.332 e. The summed E-state index contributed by atoms with van der Waals surface area (Å²) in [7, 11) is 0. The number of benzene rings is 1. The summed E-state index contributed by atoms with van der Waals surface area (Å²) in [6.07, 6.45) is 4.74. The number of amides is 1. The predicted octanol–water partition coefficient (Wildman–Crippen LogP) is 2.12. The summed E-state index contributed by atoms with van der Waals surface area (Å²) in [5.41, 5.74) is 3.27. The molecule has 0 saturated carbocycles. The lowest BCUT2D eigenvalue weighted by atomic mass is 10.0. The Bertz CT molecular complexity index is 691. The van der Waals surface area contributed by atoms with E-state index in [1.165, 1.54) is 23.2 Å². The molecule has 1 aromatic heterocycles. The zero-order valence-corrected chi connectivity index (χ0v) is 12.7. The van der Waals surface area contributed by atoms with Crippen LogP contribution in [0.4, 0.5) is 4.79 Å². The highest BCUT2D eigenvalue weighted by atomic mass is 16.2. The highest BCUT2D eigenvalue weighted by molar-refractivity contribution is 5.78. The van der Waals surface area contributed by atoms with Gasteiger partial charge in [-0.1, -0.05) is 29.8 Å². The molecule has 2 fully saturated rings. The van der Waals surface area contributed by atoms with Crippen LogP contribution in [-0.2, 0) is 0 Å². The van der Waals surface area contributed by atoms with Crippen molar-refractivity contribution >= 4 is 6.03 Å². The maximum Gasteiger partial charge on any atom is 0.342 e. The standard InChI is InChI=1S/C17H20N4O/c1-12-2-4-13(5-3-12)15-8-18-21(10-15)17(22)19-16-11-20-7-6-14(16)9-20/h2-5,8,10,14,16H,6-7,9,11H2,1H3,(H,19,22)/t14-,16?/m0/s1. The van der Waals surface area contributed by atoms with E-state index in [-0.39, 0.29) is 12.1 Å². The second-order valence-electron chi connectivity index (χ2n) is 6.40. The smallest absolute Gasteiger partial charge is 0.332 e. The number of aryl methyl sites for hydroxylation is 1. The van der Waals surface area contributed by atoms with E-state index in [1.807, 2.05) is 0 Å². The van der Waals surface area contributed by atoms with Gasteiger partial charge in [0.2, 0.25) is 0 Å². The molecule has 3 heterocycles. The van der Waals surface area contributed by atoms with Crippen molar-refractivity contribution in [2.75, 3.05) is 19.6 Å². The molecule has 5 nitrogen and oxygen atoms in total. The number of fused-ring (bicyclic) bond motifs is 2. The molecule has 0 radical (unpaired) electrons. The third kappa shape index (κ3) is 2.41. The fraction of sp³-hybridized carbons (Fsp3) is 0.412.